The molecule has 1 rings (SSSR count). The average Bonchev–Trinajstić information content (AvgIpc) is 1.64. The van der Waals surface area contributed by atoms with Crippen LogP contribution in [0, 0.1) is 0 Å². The molecule has 2 atom stereocenters. The van der Waals surface area contributed by atoms with Crippen LogP contribution in [-0.4, -0.2) is 9.41 Å². The summed E-state index contributed by atoms with van der Waals surface area (Å²) in [6, 6.07) is 0. The van der Waals surface area contributed by atoms with Gasteiger partial charge in [-0.15, -0.1) is 11.8 Å². The van der Waals surface area contributed by atoms with Gasteiger partial charge in [0.2, 0.25) is 0 Å². The molecular weight excluding hydrogens is 184 g/mol. The van der Waals surface area contributed by atoms with Crippen molar-refractivity contribution >= 4 is 27.7 Å². The van der Waals surface area contributed by atoms with Crippen LogP contribution in [0.25, 0.3) is 0 Å². The molecule has 1 saturated heterocycles. The van der Waals surface area contributed by atoms with Crippen LogP contribution in [0.2, 0.25) is 0 Å². The second-order valence-electron chi connectivity index (χ2n) is 2.29. The first-order valence-electron chi connectivity index (χ1n) is 3.08. The molecule has 0 radical (unpaired) electrons. The largest absolute Gasteiger partial charge is 0.144 e. The van der Waals surface area contributed by atoms with Crippen molar-refractivity contribution in [2.75, 3.05) is 0 Å². The van der Waals surface area contributed by atoms with Crippen molar-refractivity contribution in [2.45, 2.75) is 35.6 Å². The Balaban J connectivity index is 2.23. The van der Waals surface area contributed by atoms with Gasteiger partial charge in [0.1, 0.15) is 0 Å². The highest BCUT2D eigenvalue weighted by molar-refractivity contribution is 9.11. The van der Waals surface area contributed by atoms with E-state index in [1.807, 2.05) is 0 Å². The minimum absolute atomic E-state index is 0.742. The molecule has 0 bridgehead atoms. The first-order valence-corrected chi connectivity index (χ1v) is 4.94. The molecule has 0 aromatic carbocycles. The first kappa shape index (κ1) is 6.94. The van der Waals surface area contributed by atoms with Crippen molar-refractivity contribution < 1.29 is 0 Å². The van der Waals surface area contributed by atoms with E-state index in [4.69, 9.17) is 0 Å². The van der Waals surface area contributed by atoms with Crippen molar-refractivity contribution in [2.24, 2.45) is 0 Å². The van der Waals surface area contributed by atoms with Crippen LogP contribution in [0.15, 0.2) is 0 Å². The van der Waals surface area contributed by atoms with Gasteiger partial charge in [-0.2, -0.15) is 0 Å². The van der Waals surface area contributed by atoms with Crippen LogP contribution in [0.5, 0.6) is 0 Å². The smallest absolute Gasteiger partial charge is 0.0602 e. The van der Waals surface area contributed by atoms with Gasteiger partial charge >= 0.3 is 0 Å². The molecule has 8 heavy (non-hydrogen) atoms. The zero-order valence-corrected chi connectivity index (χ0v) is 7.46. The van der Waals surface area contributed by atoms with E-state index in [0.717, 1.165) is 9.41 Å². The van der Waals surface area contributed by atoms with E-state index in [-0.39, 0.29) is 0 Å². The fourth-order valence-corrected chi connectivity index (χ4v) is 3.49. The van der Waals surface area contributed by atoms with Crippen LogP contribution in [0.1, 0.15) is 26.2 Å². The predicted molar refractivity (Wildman–Crippen MR) is 43.6 cm³/mol. The summed E-state index contributed by atoms with van der Waals surface area (Å²) < 4.78 is 0.742. The topological polar surface area (TPSA) is 0 Å². The second kappa shape index (κ2) is 3.11. The quantitative estimate of drug-likeness (QED) is 0.535. The zero-order chi connectivity index (χ0) is 5.98. The third-order valence-corrected chi connectivity index (χ3v) is 3.76. The molecular formula is C6H11BrS. The van der Waals surface area contributed by atoms with Crippen molar-refractivity contribution in [1.29, 1.82) is 0 Å². The molecule has 2 unspecified atom stereocenters. The Bertz CT molecular complexity index is 66.9. The summed E-state index contributed by atoms with van der Waals surface area (Å²) in [5, 5.41) is 0.883. The van der Waals surface area contributed by atoms with Crippen LogP contribution >= 0.6 is 27.7 Å². The van der Waals surface area contributed by atoms with Crippen molar-refractivity contribution in [1.82, 2.24) is 0 Å². The van der Waals surface area contributed by atoms with Gasteiger partial charge in [0.05, 0.1) is 4.16 Å². The Morgan fingerprint density at radius 1 is 1.50 bits per heavy atom. The average molecular weight is 195 g/mol. The molecule has 1 aliphatic heterocycles. The first-order chi connectivity index (χ1) is 3.79. The molecule has 0 aliphatic carbocycles. The summed E-state index contributed by atoms with van der Waals surface area (Å²) in [6.45, 7) is 2.30. The molecule has 0 aromatic rings. The Morgan fingerprint density at radius 3 is 2.62 bits per heavy atom. The maximum absolute atomic E-state index is 3.59. The normalized spacial score (nSPS) is 39.8. The van der Waals surface area contributed by atoms with Gasteiger partial charge in [-0.25, -0.2) is 0 Å². The fourth-order valence-electron chi connectivity index (χ4n) is 0.954. The van der Waals surface area contributed by atoms with E-state index in [9.17, 15) is 0 Å². The van der Waals surface area contributed by atoms with Crippen molar-refractivity contribution in [3.63, 3.8) is 0 Å². The van der Waals surface area contributed by atoms with Gasteiger partial charge in [-0.1, -0.05) is 29.3 Å². The zero-order valence-electron chi connectivity index (χ0n) is 5.06. The molecule has 0 saturated carbocycles. The highest BCUT2D eigenvalue weighted by atomic mass is 79.9. The Kier molecular flexibility index (Phi) is 2.70. The van der Waals surface area contributed by atoms with Gasteiger partial charge in [0.25, 0.3) is 0 Å². The molecule has 0 N–H and O–H groups in total. The summed E-state index contributed by atoms with van der Waals surface area (Å²) in [5.41, 5.74) is 0. The van der Waals surface area contributed by atoms with E-state index < -0.39 is 0 Å². The molecule has 1 heterocycles. The summed E-state index contributed by atoms with van der Waals surface area (Å²) in [7, 11) is 0. The molecule has 2 heteroatoms. The van der Waals surface area contributed by atoms with E-state index in [0.29, 0.717) is 0 Å². The van der Waals surface area contributed by atoms with Crippen LogP contribution in [0.3, 0.4) is 0 Å². The molecule has 48 valence electrons. The fraction of sp³-hybridized carbons (Fsp3) is 1.00. The van der Waals surface area contributed by atoms with Gasteiger partial charge in [0, 0.05) is 5.25 Å². The van der Waals surface area contributed by atoms with Crippen molar-refractivity contribution in [3.05, 3.63) is 0 Å². The van der Waals surface area contributed by atoms with Crippen LogP contribution in [-0.2, 0) is 0 Å². The maximum atomic E-state index is 3.59. The highest BCUT2D eigenvalue weighted by Crippen LogP contribution is 2.34. The number of hydrogen-bond acceptors (Lipinski definition) is 1. The molecule has 0 aromatic heterocycles. The van der Waals surface area contributed by atoms with E-state index in [1.54, 1.807) is 0 Å². The summed E-state index contributed by atoms with van der Waals surface area (Å²) >= 11 is 5.65. The lowest BCUT2D eigenvalue weighted by atomic mass is 10.2. The minimum atomic E-state index is 0.742. The summed E-state index contributed by atoms with van der Waals surface area (Å²) in [5.74, 6) is 0. The molecule has 0 amide bonds. The third-order valence-electron chi connectivity index (χ3n) is 1.42. The van der Waals surface area contributed by atoms with Gasteiger partial charge in [0.15, 0.2) is 0 Å². The Morgan fingerprint density at radius 2 is 2.25 bits per heavy atom. The van der Waals surface area contributed by atoms with Gasteiger partial charge in [-0.05, 0) is 12.8 Å². The monoisotopic (exact) mass is 194 g/mol. The van der Waals surface area contributed by atoms with Gasteiger partial charge in [-0.3, -0.25) is 0 Å². The Labute approximate surface area is 63.5 Å². The molecule has 1 aliphatic rings. The highest BCUT2D eigenvalue weighted by Gasteiger charge is 2.15. The van der Waals surface area contributed by atoms with Gasteiger partial charge < -0.3 is 0 Å². The SMILES string of the molecule is CC1CCCC(Br)S1. The lowest BCUT2D eigenvalue weighted by Crippen LogP contribution is -2.08. The van der Waals surface area contributed by atoms with E-state index >= 15 is 0 Å². The lowest BCUT2D eigenvalue weighted by Gasteiger charge is -2.21. The van der Waals surface area contributed by atoms with E-state index in [2.05, 4.69) is 34.6 Å². The summed E-state index contributed by atoms with van der Waals surface area (Å²) in [6.07, 6.45) is 4.17. The number of thioether (sulfide) groups is 1. The minimum Gasteiger partial charge on any atom is -0.144 e. The maximum Gasteiger partial charge on any atom is 0.0602 e. The number of alkyl halides is 1. The predicted octanol–water partition coefficient (Wildman–Crippen LogP) is 3.01. The number of rotatable bonds is 0. The number of hydrogen-bond donors (Lipinski definition) is 0. The number of halogens is 1. The van der Waals surface area contributed by atoms with Crippen molar-refractivity contribution in [3.8, 4) is 0 Å². The molecule has 0 spiro atoms. The standard InChI is InChI=1S/C6H11BrS/c1-5-3-2-4-6(7)8-5/h5-6H,2-4H2,1H3. The molecule has 1 fully saturated rings. The second-order valence-corrected chi connectivity index (χ2v) is 5.65. The molecule has 0 nitrogen and oxygen atoms in total. The third kappa shape index (κ3) is 1.98. The van der Waals surface area contributed by atoms with Crippen LogP contribution in [0.4, 0.5) is 0 Å². The Hall–Kier alpha value is 0.830. The summed E-state index contributed by atoms with van der Waals surface area (Å²) in [4.78, 5) is 0. The lowest BCUT2D eigenvalue weighted by molar-refractivity contribution is 0.683. The van der Waals surface area contributed by atoms with Crippen LogP contribution < -0.4 is 0 Å². The van der Waals surface area contributed by atoms with E-state index in [1.165, 1.54) is 19.3 Å².